The number of amides is 2. The Morgan fingerprint density at radius 1 is 1.04 bits per heavy atom. The SMILES string of the molecule is CC(=O)c1ccc(NC(=O)N2CCN(Cc3nc4ccccc4[nH]3)CC2)cc1. The van der Waals surface area contributed by atoms with Crippen LogP contribution in [0.4, 0.5) is 10.5 Å². The highest BCUT2D eigenvalue weighted by molar-refractivity contribution is 5.95. The molecule has 7 nitrogen and oxygen atoms in total. The lowest BCUT2D eigenvalue weighted by molar-refractivity contribution is 0.101. The number of fused-ring (bicyclic) bond motifs is 1. The molecule has 3 aromatic rings. The molecular weight excluding hydrogens is 354 g/mol. The van der Waals surface area contributed by atoms with Gasteiger partial charge in [-0.15, -0.1) is 0 Å². The van der Waals surface area contributed by atoms with Crippen LogP contribution in [0.25, 0.3) is 11.0 Å². The Morgan fingerprint density at radius 2 is 1.75 bits per heavy atom. The maximum atomic E-state index is 12.5. The van der Waals surface area contributed by atoms with Crippen LogP contribution in [0.1, 0.15) is 23.1 Å². The lowest BCUT2D eigenvalue weighted by atomic mass is 10.1. The van der Waals surface area contributed by atoms with Gasteiger partial charge in [0, 0.05) is 37.4 Å². The lowest BCUT2D eigenvalue weighted by Crippen LogP contribution is -2.49. The minimum Gasteiger partial charge on any atom is -0.341 e. The Kier molecular flexibility index (Phi) is 5.08. The van der Waals surface area contributed by atoms with Gasteiger partial charge in [0.25, 0.3) is 0 Å². The van der Waals surface area contributed by atoms with Gasteiger partial charge in [0.05, 0.1) is 17.6 Å². The molecule has 0 bridgehead atoms. The number of hydrogen-bond donors (Lipinski definition) is 2. The number of aromatic nitrogens is 2. The number of benzene rings is 2. The number of piperazine rings is 1. The van der Waals surface area contributed by atoms with Gasteiger partial charge in [-0.05, 0) is 43.3 Å². The zero-order chi connectivity index (χ0) is 19.5. The molecule has 0 unspecified atom stereocenters. The van der Waals surface area contributed by atoms with Gasteiger partial charge in [0.2, 0.25) is 0 Å². The molecule has 2 N–H and O–H groups in total. The molecule has 1 saturated heterocycles. The number of H-pyrrole nitrogens is 1. The molecule has 2 aromatic carbocycles. The summed E-state index contributed by atoms with van der Waals surface area (Å²) in [5.74, 6) is 0.961. The molecular formula is C21H23N5O2. The van der Waals surface area contributed by atoms with Crippen molar-refractivity contribution >= 4 is 28.5 Å². The van der Waals surface area contributed by atoms with E-state index in [-0.39, 0.29) is 11.8 Å². The molecule has 0 spiro atoms. The van der Waals surface area contributed by atoms with Gasteiger partial charge in [-0.1, -0.05) is 12.1 Å². The zero-order valence-corrected chi connectivity index (χ0v) is 15.8. The van der Waals surface area contributed by atoms with E-state index in [1.165, 1.54) is 6.92 Å². The normalized spacial score (nSPS) is 15.0. The monoisotopic (exact) mass is 377 g/mol. The number of urea groups is 1. The molecule has 0 saturated carbocycles. The van der Waals surface area contributed by atoms with Gasteiger partial charge in [0.1, 0.15) is 5.82 Å². The van der Waals surface area contributed by atoms with Crippen molar-refractivity contribution in [1.29, 1.82) is 0 Å². The van der Waals surface area contributed by atoms with Crippen LogP contribution in [-0.4, -0.2) is 57.8 Å². The largest absolute Gasteiger partial charge is 0.341 e. The summed E-state index contributed by atoms with van der Waals surface area (Å²) in [6.07, 6.45) is 0. The first-order valence-electron chi connectivity index (χ1n) is 9.41. The molecule has 28 heavy (non-hydrogen) atoms. The van der Waals surface area contributed by atoms with Crippen LogP contribution in [0.5, 0.6) is 0 Å². The van der Waals surface area contributed by atoms with Crippen LogP contribution in [0.3, 0.4) is 0 Å². The maximum absolute atomic E-state index is 12.5. The van der Waals surface area contributed by atoms with Crippen LogP contribution in [0.15, 0.2) is 48.5 Å². The van der Waals surface area contributed by atoms with Crippen molar-refractivity contribution in [3.63, 3.8) is 0 Å². The first-order valence-corrected chi connectivity index (χ1v) is 9.41. The van der Waals surface area contributed by atoms with E-state index in [2.05, 4.69) is 20.2 Å². The molecule has 0 atom stereocenters. The topological polar surface area (TPSA) is 81.3 Å². The molecule has 1 aromatic heterocycles. The third-order valence-corrected chi connectivity index (χ3v) is 5.01. The minimum atomic E-state index is -0.112. The van der Waals surface area contributed by atoms with Crippen LogP contribution in [0, 0.1) is 0 Å². The van der Waals surface area contributed by atoms with E-state index in [9.17, 15) is 9.59 Å². The van der Waals surface area contributed by atoms with Crippen molar-refractivity contribution in [2.75, 3.05) is 31.5 Å². The summed E-state index contributed by atoms with van der Waals surface area (Å²) >= 11 is 0. The number of carbonyl (C=O) groups is 2. The molecule has 0 aliphatic carbocycles. The van der Waals surface area contributed by atoms with Crippen molar-refractivity contribution in [1.82, 2.24) is 19.8 Å². The molecule has 1 fully saturated rings. The predicted octanol–water partition coefficient (Wildman–Crippen LogP) is 3.12. The molecule has 4 rings (SSSR count). The van der Waals surface area contributed by atoms with Crippen molar-refractivity contribution in [2.45, 2.75) is 13.5 Å². The summed E-state index contributed by atoms with van der Waals surface area (Å²) in [5.41, 5.74) is 3.36. The summed E-state index contributed by atoms with van der Waals surface area (Å²) in [5, 5.41) is 2.90. The lowest BCUT2D eigenvalue weighted by Gasteiger charge is -2.34. The summed E-state index contributed by atoms with van der Waals surface area (Å²) < 4.78 is 0. The summed E-state index contributed by atoms with van der Waals surface area (Å²) in [6, 6.07) is 14.9. The Hall–Kier alpha value is -3.19. The van der Waals surface area contributed by atoms with E-state index in [0.29, 0.717) is 24.3 Å². The van der Waals surface area contributed by atoms with Gasteiger partial charge in [-0.3, -0.25) is 9.69 Å². The van der Waals surface area contributed by atoms with Crippen molar-refractivity contribution in [3.05, 3.63) is 59.9 Å². The number of aromatic amines is 1. The second kappa shape index (κ2) is 7.82. The Balaban J connectivity index is 1.29. The quantitative estimate of drug-likeness (QED) is 0.685. The molecule has 144 valence electrons. The van der Waals surface area contributed by atoms with Crippen molar-refractivity contribution < 1.29 is 9.59 Å². The fourth-order valence-electron chi connectivity index (χ4n) is 3.39. The number of anilines is 1. The zero-order valence-electron chi connectivity index (χ0n) is 15.8. The molecule has 2 amide bonds. The van der Waals surface area contributed by atoms with Gasteiger partial charge in [-0.2, -0.15) is 0 Å². The van der Waals surface area contributed by atoms with Gasteiger partial charge in [-0.25, -0.2) is 9.78 Å². The number of nitrogens with one attached hydrogen (secondary N) is 2. The number of hydrogen-bond acceptors (Lipinski definition) is 4. The van der Waals surface area contributed by atoms with Gasteiger partial charge >= 0.3 is 6.03 Å². The van der Waals surface area contributed by atoms with Crippen LogP contribution >= 0.6 is 0 Å². The second-order valence-corrected chi connectivity index (χ2v) is 7.03. The van der Waals surface area contributed by atoms with Gasteiger partial charge < -0.3 is 15.2 Å². The number of rotatable bonds is 4. The van der Waals surface area contributed by atoms with E-state index in [1.807, 2.05) is 29.2 Å². The van der Waals surface area contributed by atoms with E-state index in [4.69, 9.17) is 0 Å². The number of ketones is 1. The smallest absolute Gasteiger partial charge is 0.321 e. The first-order chi connectivity index (χ1) is 13.6. The average Bonchev–Trinajstić information content (AvgIpc) is 3.11. The maximum Gasteiger partial charge on any atom is 0.321 e. The third-order valence-electron chi connectivity index (χ3n) is 5.01. The number of imidazole rings is 1. The Bertz CT molecular complexity index is 954. The van der Waals surface area contributed by atoms with E-state index in [0.717, 1.165) is 36.5 Å². The number of carbonyl (C=O) groups excluding carboxylic acids is 2. The number of Topliss-reactive ketones (excluding diaryl/α,β-unsaturated/α-hetero) is 1. The van der Waals surface area contributed by atoms with Crippen LogP contribution in [0.2, 0.25) is 0 Å². The second-order valence-electron chi connectivity index (χ2n) is 7.03. The molecule has 1 aliphatic heterocycles. The molecule has 7 heteroatoms. The van der Waals surface area contributed by atoms with E-state index < -0.39 is 0 Å². The fraction of sp³-hybridized carbons (Fsp3) is 0.286. The summed E-state index contributed by atoms with van der Waals surface area (Å²) in [6.45, 7) is 5.20. The number of nitrogens with zero attached hydrogens (tertiary/aromatic N) is 3. The third kappa shape index (κ3) is 4.04. The summed E-state index contributed by atoms with van der Waals surface area (Å²) in [4.78, 5) is 35.9. The molecule has 1 aliphatic rings. The highest BCUT2D eigenvalue weighted by Crippen LogP contribution is 2.14. The van der Waals surface area contributed by atoms with Crippen LogP contribution < -0.4 is 5.32 Å². The summed E-state index contributed by atoms with van der Waals surface area (Å²) in [7, 11) is 0. The average molecular weight is 377 g/mol. The Labute approximate surface area is 163 Å². The standard InChI is InChI=1S/C21H23N5O2/c1-15(27)16-6-8-17(9-7-16)22-21(28)26-12-10-25(11-13-26)14-20-23-18-4-2-3-5-19(18)24-20/h2-9H,10-14H2,1H3,(H,22,28)(H,23,24). The minimum absolute atomic E-state index is 0.0125. The highest BCUT2D eigenvalue weighted by atomic mass is 16.2. The Morgan fingerprint density at radius 3 is 2.43 bits per heavy atom. The van der Waals surface area contributed by atoms with Crippen molar-refractivity contribution in [3.8, 4) is 0 Å². The van der Waals surface area contributed by atoms with Crippen molar-refractivity contribution in [2.24, 2.45) is 0 Å². The molecule has 0 radical (unpaired) electrons. The van der Waals surface area contributed by atoms with Gasteiger partial charge in [0.15, 0.2) is 5.78 Å². The molecule has 2 heterocycles. The first kappa shape index (κ1) is 18.2. The predicted molar refractivity (Wildman–Crippen MR) is 108 cm³/mol. The van der Waals surface area contributed by atoms with E-state index in [1.54, 1.807) is 24.3 Å². The fourth-order valence-corrected chi connectivity index (χ4v) is 3.39. The van der Waals surface area contributed by atoms with Crippen LogP contribution in [-0.2, 0) is 6.54 Å². The van der Waals surface area contributed by atoms with E-state index >= 15 is 0 Å². The number of para-hydroxylation sites is 2. The highest BCUT2D eigenvalue weighted by Gasteiger charge is 2.22.